The van der Waals surface area contributed by atoms with E-state index in [9.17, 15) is 9.59 Å². The Morgan fingerprint density at radius 1 is 1.40 bits per heavy atom. The number of hydrogen-bond acceptors (Lipinski definition) is 3. The van der Waals surface area contributed by atoms with Crippen LogP contribution in [0, 0.1) is 6.92 Å². The molecule has 4 nitrogen and oxygen atoms in total. The van der Waals surface area contributed by atoms with Crippen molar-refractivity contribution in [3.8, 4) is 5.75 Å². The van der Waals surface area contributed by atoms with Crippen LogP contribution in [0.25, 0.3) is 0 Å². The standard InChI is InChI=1S/C11H12O4/c1-3-8-6-7(2)4-5-9(8)15-11(14)10(12)13/h4-6H,3H2,1-2H3,(H,12,13). The third-order valence-corrected chi connectivity index (χ3v) is 1.97. The lowest BCUT2D eigenvalue weighted by atomic mass is 10.1. The molecule has 4 heteroatoms. The Kier molecular flexibility index (Phi) is 3.44. The van der Waals surface area contributed by atoms with E-state index < -0.39 is 11.9 Å². The van der Waals surface area contributed by atoms with Crippen LogP contribution >= 0.6 is 0 Å². The number of carboxylic acids is 1. The lowest BCUT2D eigenvalue weighted by Gasteiger charge is -2.07. The van der Waals surface area contributed by atoms with Gasteiger partial charge in [0.15, 0.2) is 0 Å². The number of carbonyl (C=O) groups excluding carboxylic acids is 1. The van der Waals surface area contributed by atoms with Gasteiger partial charge in [-0.25, -0.2) is 9.59 Å². The highest BCUT2D eigenvalue weighted by Crippen LogP contribution is 2.20. The van der Waals surface area contributed by atoms with Gasteiger partial charge in [-0.3, -0.25) is 0 Å². The number of ether oxygens (including phenoxy) is 1. The number of rotatable bonds is 2. The van der Waals surface area contributed by atoms with Crippen molar-refractivity contribution in [2.24, 2.45) is 0 Å². The molecule has 0 aromatic heterocycles. The second kappa shape index (κ2) is 4.59. The van der Waals surface area contributed by atoms with Crippen LogP contribution in [0.5, 0.6) is 5.75 Å². The van der Waals surface area contributed by atoms with Crippen molar-refractivity contribution in [1.29, 1.82) is 0 Å². The van der Waals surface area contributed by atoms with Gasteiger partial charge in [-0.05, 0) is 25.0 Å². The summed E-state index contributed by atoms with van der Waals surface area (Å²) in [6.07, 6.45) is 0.684. The molecule has 0 unspecified atom stereocenters. The van der Waals surface area contributed by atoms with Crippen LogP contribution in [0.2, 0.25) is 0 Å². The largest absolute Gasteiger partial charge is 0.473 e. The molecule has 0 fully saturated rings. The van der Waals surface area contributed by atoms with Gasteiger partial charge in [0, 0.05) is 0 Å². The smallest absolute Gasteiger partial charge is 0.422 e. The summed E-state index contributed by atoms with van der Waals surface area (Å²) in [5.74, 6) is -2.53. The van der Waals surface area contributed by atoms with Gasteiger partial charge in [0.05, 0.1) is 0 Å². The van der Waals surface area contributed by atoms with Crippen molar-refractivity contribution < 1.29 is 19.4 Å². The fourth-order valence-corrected chi connectivity index (χ4v) is 1.23. The van der Waals surface area contributed by atoms with E-state index in [4.69, 9.17) is 9.84 Å². The molecular formula is C11H12O4. The summed E-state index contributed by atoms with van der Waals surface area (Å²) in [5.41, 5.74) is 1.87. The average Bonchev–Trinajstić information content (AvgIpc) is 2.20. The molecule has 1 aromatic rings. The molecule has 1 N–H and O–H groups in total. The van der Waals surface area contributed by atoms with Crippen molar-refractivity contribution in [2.45, 2.75) is 20.3 Å². The summed E-state index contributed by atoms with van der Waals surface area (Å²) in [6.45, 7) is 3.83. The lowest BCUT2D eigenvalue weighted by molar-refractivity contribution is -0.158. The first kappa shape index (κ1) is 11.2. The maximum atomic E-state index is 10.8. The average molecular weight is 208 g/mol. The highest BCUT2D eigenvalue weighted by atomic mass is 16.6. The normalized spacial score (nSPS) is 9.73. The Bertz CT molecular complexity index is 396. The molecule has 0 atom stereocenters. The first-order valence-corrected chi connectivity index (χ1v) is 4.59. The first-order valence-electron chi connectivity index (χ1n) is 4.59. The maximum Gasteiger partial charge on any atom is 0.422 e. The van der Waals surface area contributed by atoms with Crippen molar-refractivity contribution >= 4 is 11.9 Å². The van der Waals surface area contributed by atoms with Crippen molar-refractivity contribution in [3.63, 3.8) is 0 Å². The van der Waals surface area contributed by atoms with Gasteiger partial charge in [0.1, 0.15) is 5.75 Å². The molecule has 80 valence electrons. The molecule has 0 aliphatic heterocycles. The van der Waals surface area contributed by atoms with Gasteiger partial charge in [0.2, 0.25) is 0 Å². The number of esters is 1. The van der Waals surface area contributed by atoms with E-state index >= 15 is 0 Å². The van der Waals surface area contributed by atoms with Crippen LogP contribution in [0.3, 0.4) is 0 Å². The number of hydrogen-bond donors (Lipinski definition) is 1. The van der Waals surface area contributed by atoms with Crippen LogP contribution in [0.15, 0.2) is 18.2 Å². The molecule has 0 heterocycles. The van der Waals surface area contributed by atoms with E-state index in [0.717, 1.165) is 11.1 Å². The molecule has 1 aromatic carbocycles. The van der Waals surface area contributed by atoms with Crippen molar-refractivity contribution in [3.05, 3.63) is 29.3 Å². The van der Waals surface area contributed by atoms with E-state index in [1.807, 2.05) is 19.9 Å². The second-order valence-corrected chi connectivity index (χ2v) is 3.16. The van der Waals surface area contributed by atoms with Crippen LogP contribution < -0.4 is 4.74 Å². The second-order valence-electron chi connectivity index (χ2n) is 3.16. The summed E-state index contributed by atoms with van der Waals surface area (Å²) in [7, 11) is 0. The highest BCUT2D eigenvalue weighted by Gasteiger charge is 2.15. The van der Waals surface area contributed by atoms with E-state index in [-0.39, 0.29) is 0 Å². The third kappa shape index (κ3) is 2.80. The fraction of sp³-hybridized carbons (Fsp3) is 0.273. The molecule has 0 aliphatic carbocycles. The van der Waals surface area contributed by atoms with Gasteiger partial charge in [0.25, 0.3) is 0 Å². The molecule has 0 amide bonds. The van der Waals surface area contributed by atoms with Crippen LogP contribution in [0.1, 0.15) is 18.1 Å². The van der Waals surface area contributed by atoms with Crippen LogP contribution in [-0.4, -0.2) is 17.0 Å². The Balaban J connectivity index is 2.94. The van der Waals surface area contributed by atoms with Gasteiger partial charge < -0.3 is 9.84 Å². The number of benzene rings is 1. The van der Waals surface area contributed by atoms with Gasteiger partial charge in [-0.1, -0.05) is 24.6 Å². The summed E-state index contributed by atoms with van der Waals surface area (Å²) in [4.78, 5) is 21.1. The Morgan fingerprint density at radius 2 is 2.07 bits per heavy atom. The Hall–Kier alpha value is -1.84. The van der Waals surface area contributed by atoms with Gasteiger partial charge >= 0.3 is 11.9 Å². The quantitative estimate of drug-likeness (QED) is 0.455. The summed E-state index contributed by atoms with van der Waals surface area (Å²) in [5, 5.41) is 8.39. The zero-order valence-electron chi connectivity index (χ0n) is 8.61. The molecule has 0 spiro atoms. The summed E-state index contributed by atoms with van der Waals surface area (Å²) >= 11 is 0. The predicted molar refractivity (Wildman–Crippen MR) is 53.8 cm³/mol. The molecular weight excluding hydrogens is 196 g/mol. The topological polar surface area (TPSA) is 63.6 Å². The molecule has 0 aliphatic rings. The molecule has 0 saturated carbocycles. The monoisotopic (exact) mass is 208 g/mol. The first-order chi connectivity index (χ1) is 7.04. The van der Waals surface area contributed by atoms with Crippen molar-refractivity contribution in [2.75, 3.05) is 0 Å². The Labute approximate surface area is 87.5 Å². The Morgan fingerprint density at radius 3 is 2.60 bits per heavy atom. The van der Waals surface area contributed by atoms with E-state index in [1.165, 1.54) is 0 Å². The van der Waals surface area contributed by atoms with Gasteiger partial charge in [-0.2, -0.15) is 0 Å². The maximum absolute atomic E-state index is 10.8. The molecule has 0 bridgehead atoms. The van der Waals surface area contributed by atoms with Crippen LogP contribution in [-0.2, 0) is 16.0 Å². The number of carboxylic acid groups (broad SMARTS) is 1. The minimum absolute atomic E-state index is 0.315. The van der Waals surface area contributed by atoms with Gasteiger partial charge in [-0.15, -0.1) is 0 Å². The fourth-order valence-electron chi connectivity index (χ4n) is 1.23. The minimum Gasteiger partial charge on any atom is -0.473 e. The summed E-state index contributed by atoms with van der Waals surface area (Å²) in [6, 6.07) is 5.24. The summed E-state index contributed by atoms with van der Waals surface area (Å²) < 4.78 is 4.71. The van der Waals surface area contributed by atoms with Crippen LogP contribution in [0.4, 0.5) is 0 Å². The predicted octanol–water partition coefficient (Wildman–Crippen LogP) is 1.55. The number of aryl methyl sites for hydroxylation is 2. The number of carbonyl (C=O) groups is 2. The lowest BCUT2D eigenvalue weighted by Crippen LogP contribution is -2.19. The van der Waals surface area contributed by atoms with E-state index in [2.05, 4.69) is 0 Å². The number of aliphatic carboxylic acids is 1. The van der Waals surface area contributed by atoms with E-state index in [0.29, 0.717) is 12.2 Å². The van der Waals surface area contributed by atoms with Crippen molar-refractivity contribution in [1.82, 2.24) is 0 Å². The highest BCUT2D eigenvalue weighted by molar-refractivity contribution is 6.29. The zero-order chi connectivity index (χ0) is 11.4. The molecule has 1 rings (SSSR count). The molecule has 0 radical (unpaired) electrons. The third-order valence-electron chi connectivity index (χ3n) is 1.97. The van der Waals surface area contributed by atoms with E-state index in [1.54, 1.807) is 12.1 Å². The zero-order valence-corrected chi connectivity index (χ0v) is 8.61. The minimum atomic E-state index is -1.59. The molecule has 0 saturated heterocycles. The molecule has 15 heavy (non-hydrogen) atoms. The SMILES string of the molecule is CCc1cc(C)ccc1OC(=O)C(=O)O.